The number of nitrogens with one attached hydrogen (secondary N) is 1. The summed E-state index contributed by atoms with van der Waals surface area (Å²) in [7, 11) is 1.46. The normalized spacial score (nSPS) is 11.9. The van der Waals surface area contributed by atoms with Crippen molar-refractivity contribution in [3.05, 3.63) is 64.5 Å². The summed E-state index contributed by atoms with van der Waals surface area (Å²) >= 11 is 0. The topological polar surface area (TPSA) is 58.6 Å². The summed E-state index contributed by atoms with van der Waals surface area (Å²) in [4.78, 5) is 12.3. The van der Waals surface area contributed by atoms with Crippen LogP contribution in [-0.2, 0) is 0 Å². The molecule has 2 N–H and O–H groups in total. The summed E-state index contributed by atoms with van der Waals surface area (Å²) < 4.78 is 44.8. The Morgan fingerprint density at radius 1 is 1.21 bits per heavy atom. The smallest absolute Gasteiger partial charge is 0.251 e. The van der Waals surface area contributed by atoms with Crippen LogP contribution in [0.5, 0.6) is 5.75 Å². The lowest BCUT2D eigenvalue weighted by atomic mass is 10.1. The Hall–Kier alpha value is -2.54. The summed E-state index contributed by atoms with van der Waals surface area (Å²) in [5.74, 6) is -4.46. The van der Waals surface area contributed by atoms with Crippen molar-refractivity contribution >= 4 is 5.91 Å². The number of rotatable bonds is 5. The second-order valence-corrected chi connectivity index (χ2v) is 5.19. The summed E-state index contributed by atoms with van der Waals surface area (Å²) in [6, 6.07) is 5.11. The first-order chi connectivity index (χ1) is 11.4. The van der Waals surface area contributed by atoms with E-state index in [1.54, 1.807) is 19.1 Å². The fourth-order valence-corrected chi connectivity index (χ4v) is 2.21. The minimum atomic E-state index is -1.61. The number of hydrogen-bond acceptors (Lipinski definition) is 3. The standard InChI is InChI=1S/C17H16F3NO3/c1-9-3-4-10(7-15(9)24-2)17(23)21-14(8-22)11-5-12(18)16(20)13(19)6-11/h3-7,14,22H,8H2,1-2H3,(H,21,23). The van der Waals surface area contributed by atoms with Gasteiger partial charge < -0.3 is 15.2 Å². The number of carbonyl (C=O) groups excluding carboxylic acids is 1. The third kappa shape index (κ3) is 3.68. The predicted molar refractivity (Wildman–Crippen MR) is 81.3 cm³/mol. The van der Waals surface area contributed by atoms with E-state index in [1.165, 1.54) is 13.2 Å². The molecule has 0 saturated heterocycles. The van der Waals surface area contributed by atoms with E-state index in [4.69, 9.17) is 4.74 Å². The van der Waals surface area contributed by atoms with Crippen LogP contribution in [0.15, 0.2) is 30.3 Å². The Kier molecular flexibility index (Phi) is 5.46. The van der Waals surface area contributed by atoms with Gasteiger partial charge in [-0.25, -0.2) is 13.2 Å². The fourth-order valence-electron chi connectivity index (χ4n) is 2.21. The molecule has 0 aromatic heterocycles. The number of ether oxygens (including phenoxy) is 1. The first kappa shape index (κ1) is 17.8. The number of amides is 1. The molecule has 7 heteroatoms. The average Bonchev–Trinajstić information content (AvgIpc) is 2.57. The molecular weight excluding hydrogens is 323 g/mol. The molecular formula is C17H16F3NO3. The van der Waals surface area contributed by atoms with E-state index >= 15 is 0 Å². The van der Waals surface area contributed by atoms with Gasteiger partial charge in [-0.3, -0.25) is 4.79 Å². The molecule has 0 aliphatic rings. The quantitative estimate of drug-likeness (QED) is 0.824. The van der Waals surface area contributed by atoms with Crippen LogP contribution < -0.4 is 10.1 Å². The molecule has 2 aromatic rings. The van der Waals surface area contributed by atoms with Gasteiger partial charge in [-0.2, -0.15) is 0 Å². The number of benzene rings is 2. The Bertz CT molecular complexity index is 742. The van der Waals surface area contributed by atoms with Crippen molar-refractivity contribution in [2.24, 2.45) is 0 Å². The lowest BCUT2D eigenvalue weighted by Crippen LogP contribution is -2.31. The summed E-state index contributed by atoms with van der Waals surface area (Å²) in [6.45, 7) is 1.19. The second-order valence-electron chi connectivity index (χ2n) is 5.19. The first-order valence-corrected chi connectivity index (χ1v) is 7.08. The highest BCUT2D eigenvalue weighted by atomic mass is 19.2. The van der Waals surface area contributed by atoms with Crippen molar-refractivity contribution in [3.8, 4) is 5.75 Å². The number of carbonyl (C=O) groups is 1. The van der Waals surface area contributed by atoms with E-state index < -0.39 is 36.0 Å². The largest absolute Gasteiger partial charge is 0.496 e. The Morgan fingerprint density at radius 3 is 2.38 bits per heavy atom. The zero-order chi connectivity index (χ0) is 17.9. The molecule has 24 heavy (non-hydrogen) atoms. The zero-order valence-electron chi connectivity index (χ0n) is 13.1. The SMILES string of the molecule is COc1cc(C(=O)NC(CO)c2cc(F)c(F)c(F)c2)ccc1C. The van der Waals surface area contributed by atoms with Gasteiger partial charge in [-0.15, -0.1) is 0 Å². The minimum absolute atomic E-state index is 0.0821. The Morgan fingerprint density at radius 2 is 1.83 bits per heavy atom. The molecule has 0 saturated carbocycles. The number of hydrogen-bond donors (Lipinski definition) is 2. The van der Waals surface area contributed by atoms with Crippen molar-refractivity contribution in [2.45, 2.75) is 13.0 Å². The Balaban J connectivity index is 2.25. The molecule has 0 fully saturated rings. The van der Waals surface area contributed by atoms with Crippen LogP contribution in [0.4, 0.5) is 13.2 Å². The highest BCUT2D eigenvalue weighted by Gasteiger charge is 2.20. The number of aryl methyl sites for hydroxylation is 1. The molecule has 1 amide bonds. The van der Waals surface area contributed by atoms with E-state index in [-0.39, 0.29) is 11.1 Å². The maximum atomic E-state index is 13.3. The van der Waals surface area contributed by atoms with Gasteiger partial charge in [0.1, 0.15) is 5.75 Å². The lowest BCUT2D eigenvalue weighted by molar-refractivity contribution is 0.0915. The van der Waals surface area contributed by atoms with Gasteiger partial charge in [0.25, 0.3) is 5.91 Å². The van der Waals surface area contributed by atoms with E-state index in [1.807, 2.05) is 0 Å². The van der Waals surface area contributed by atoms with Crippen molar-refractivity contribution in [2.75, 3.05) is 13.7 Å². The maximum absolute atomic E-state index is 13.3. The molecule has 0 aliphatic heterocycles. The fraction of sp³-hybridized carbons (Fsp3) is 0.235. The zero-order valence-corrected chi connectivity index (χ0v) is 13.1. The van der Waals surface area contributed by atoms with Gasteiger partial charge in [0, 0.05) is 5.56 Å². The molecule has 0 spiro atoms. The molecule has 2 rings (SSSR count). The summed E-state index contributed by atoms with van der Waals surface area (Å²) in [5.41, 5.74) is 0.996. The number of methoxy groups -OCH3 is 1. The van der Waals surface area contributed by atoms with Crippen LogP contribution in [0.25, 0.3) is 0 Å². The molecule has 2 aromatic carbocycles. The van der Waals surface area contributed by atoms with Crippen LogP contribution in [0.1, 0.15) is 27.5 Å². The van der Waals surface area contributed by atoms with Crippen LogP contribution in [0, 0.1) is 24.4 Å². The predicted octanol–water partition coefficient (Wildman–Crippen LogP) is 2.88. The van der Waals surface area contributed by atoms with Crippen molar-refractivity contribution in [1.82, 2.24) is 5.32 Å². The maximum Gasteiger partial charge on any atom is 0.251 e. The molecule has 4 nitrogen and oxygen atoms in total. The number of halogens is 3. The van der Waals surface area contributed by atoms with Crippen molar-refractivity contribution in [3.63, 3.8) is 0 Å². The van der Waals surface area contributed by atoms with Crippen LogP contribution in [-0.4, -0.2) is 24.7 Å². The van der Waals surface area contributed by atoms with E-state index in [2.05, 4.69) is 5.32 Å². The molecule has 1 atom stereocenters. The van der Waals surface area contributed by atoms with E-state index in [0.29, 0.717) is 5.75 Å². The summed E-state index contributed by atoms with van der Waals surface area (Å²) in [5, 5.41) is 11.8. The first-order valence-electron chi connectivity index (χ1n) is 7.08. The summed E-state index contributed by atoms with van der Waals surface area (Å²) in [6.07, 6.45) is 0. The van der Waals surface area contributed by atoms with Crippen molar-refractivity contribution in [1.29, 1.82) is 0 Å². The van der Waals surface area contributed by atoms with Gasteiger partial charge in [0.15, 0.2) is 17.5 Å². The van der Waals surface area contributed by atoms with E-state index in [0.717, 1.165) is 17.7 Å². The van der Waals surface area contributed by atoms with Gasteiger partial charge in [0.2, 0.25) is 0 Å². The van der Waals surface area contributed by atoms with Gasteiger partial charge in [-0.1, -0.05) is 6.07 Å². The molecule has 0 bridgehead atoms. The lowest BCUT2D eigenvalue weighted by Gasteiger charge is -2.18. The highest BCUT2D eigenvalue weighted by Crippen LogP contribution is 2.22. The van der Waals surface area contributed by atoms with Gasteiger partial charge in [-0.05, 0) is 42.3 Å². The molecule has 128 valence electrons. The number of aliphatic hydroxyl groups excluding tert-OH is 1. The minimum Gasteiger partial charge on any atom is -0.496 e. The molecule has 0 heterocycles. The van der Waals surface area contributed by atoms with Crippen LogP contribution in [0.2, 0.25) is 0 Å². The van der Waals surface area contributed by atoms with Gasteiger partial charge in [0.05, 0.1) is 19.8 Å². The van der Waals surface area contributed by atoms with Crippen molar-refractivity contribution < 1.29 is 27.8 Å². The second kappa shape index (κ2) is 7.35. The third-order valence-corrected chi connectivity index (χ3v) is 3.57. The van der Waals surface area contributed by atoms with Crippen LogP contribution in [0.3, 0.4) is 0 Å². The van der Waals surface area contributed by atoms with Gasteiger partial charge >= 0.3 is 0 Å². The number of aliphatic hydroxyl groups is 1. The molecule has 0 aliphatic carbocycles. The molecule has 0 radical (unpaired) electrons. The van der Waals surface area contributed by atoms with E-state index in [9.17, 15) is 23.1 Å². The third-order valence-electron chi connectivity index (χ3n) is 3.57. The highest BCUT2D eigenvalue weighted by molar-refractivity contribution is 5.95. The average molecular weight is 339 g/mol. The van der Waals surface area contributed by atoms with Crippen LogP contribution >= 0.6 is 0 Å². The Labute approximate surface area is 136 Å². The monoisotopic (exact) mass is 339 g/mol. The molecule has 1 unspecified atom stereocenters.